The highest BCUT2D eigenvalue weighted by molar-refractivity contribution is 6.29. The number of para-hydroxylation sites is 5. The Kier molecular flexibility index (Phi) is 8.84. The Morgan fingerprint density at radius 1 is 0.244 bits per heavy atom. The van der Waals surface area contributed by atoms with Crippen molar-refractivity contribution in [1.29, 1.82) is 5.26 Å². The topological polar surface area (TPSA) is 43.0 Å². The summed E-state index contributed by atoms with van der Waals surface area (Å²) in [4.78, 5) is 0. The standard InChI is InChI=1S/C73H43N5/c74-44-57-70-68(56-36-18-35-52-51-28-10-14-37-58(51)78(70)69(52)56)72(76-60-39-16-12-30-54(60)66-49(33-20-42-63(66)76)46-24-6-2-7-25-46)73(77-61-40-17-13-31-55(61)67-50(34-21-43-64(67)77)47-26-8-3-9-27-47)71(57)75-59-38-15-11-29-53(59)65-48(32-19-41-62(65)75)45-22-4-1-5-23-45/h1-43H. The Hall–Kier alpha value is -10.7. The molecule has 0 aliphatic rings. The third-order valence-corrected chi connectivity index (χ3v) is 16.7. The van der Waals surface area contributed by atoms with E-state index < -0.39 is 0 Å². The van der Waals surface area contributed by atoms with Crippen molar-refractivity contribution in [2.24, 2.45) is 0 Å². The second-order valence-electron chi connectivity index (χ2n) is 20.6. The first-order valence-electron chi connectivity index (χ1n) is 26.7. The average molecular weight is 990 g/mol. The Morgan fingerprint density at radius 3 is 1.05 bits per heavy atom. The van der Waals surface area contributed by atoms with Crippen molar-refractivity contribution in [3.63, 3.8) is 0 Å². The number of fused-ring (bicyclic) bond motifs is 15. The van der Waals surface area contributed by atoms with Crippen LogP contribution in [0.25, 0.3) is 154 Å². The summed E-state index contributed by atoms with van der Waals surface area (Å²) in [5.41, 5.74) is 19.5. The Morgan fingerprint density at radius 2 is 0.590 bits per heavy atom. The molecule has 12 aromatic carbocycles. The van der Waals surface area contributed by atoms with Crippen LogP contribution < -0.4 is 0 Å². The van der Waals surface area contributed by atoms with Gasteiger partial charge in [-0.1, -0.05) is 218 Å². The van der Waals surface area contributed by atoms with E-state index >= 15 is 0 Å². The molecule has 5 heterocycles. The summed E-state index contributed by atoms with van der Waals surface area (Å²) in [6.07, 6.45) is 0. The van der Waals surface area contributed by atoms with Gasteiger partial charge in [0.05, 0.1) is 66.7 Å². The van der Waals surface area contributed by atoms with Gasteiger partial charge in [-0.3, -0.25) is 0 Å². The van der Waals surface area contributed by atoms with Gasteiger partial charge in [-0.15, -0.1) is 0 Å². The van der Waals surface area contributed by atoms with E-state index in [0.717, 1.165) is 149 Å². The van der Waals surface area contributed by atoms with Crippen LogP contribution in [0.2, 0.25) is 0 Å². The van der Waals surface area contributed by atoms with E-state index in [9.17, 15) is 5.26 Å². The highest BCUT2D eigenvalue weighted by Crippen LogP contribution is 2.53. The quantitative estimate of drug-likeness (QED) is 0.164. The van der Waals surface area contributed by atoms with Crippen molar-refractivity contribution in [3.05, 3.63) is 266 Å². The van der Waals surface area contributed by atoms with E-state index in [-0.39, 0.29) is 0 Å². The Labute approximate surface area is 447 Å². The highest BCUT2D eigenvalue weighted by atomic mass is 15.1. The molecule has 17 aromatic rings. The second-order valence-corrected chi connectivity index (χ2v) is 20.6. The van der Waals surface area contributed by atoms with Crippen molar-refractivity contribution >= 4 is 104 Å². The second kappa shape index (κ2) is 16.2. The zero-order valence-electron chi connectivity index (χ0n) is 42.1. The monoisotopic (exact) mass is 989 g/mol. The largest absolute Gasteiger partial charge is 0.306 e. The summed E-state index contributed by atoms with van der Waals surface area (Å²) in [6.45, 7) is 0. The van der Waals surface area contributed by atoms with E-state index in [0.29, 0.717) is 5.56 Å². The van der Waals surface area contributed by atoms with Crippen LogP contribution in [0.15, 0.2) is 261 Å². The van der Waals surface area contributed by atoms with Crippen molar-refractivity contribution in [2.45, 2.75) is 0 Å². The molecule has 0 fully saturated rings. The number of nitriles is 1. The molecule has 78 heavy (non-hydrogen) atoms. The van der Waals surface area contributed by atoms with Crippen molar-refractivity contribution in [2.75, 3.05) is 0 Å². The molecule has 0 unspecified atom stereocenters. The SMILES string of the molecule is N#Cc1c(-n2c3ccccc3c3c(-c4ccccc4)cccc32)c(-n2c3ccccc3c3c(-c4ccccc4)cccc32)c(-n2c3ccccc3c3c(-c4ccccc4)cccc32)c2c3cccc4c5ccccc5n(c12)c43. The lowest BCUT2D eigenvalue weighted by atomic mass is 9.98. The van der Waals surface area contributed by atoms with Gasteiger partial charge in [0, 0.05) is 53.9 Å². The molecule has 0 amide bonds. The molecule has 17 rings (SSSR count). The van der Waals surface area contributed by atoms with Gasteiger partial charge in [-0.2, -0.15) is 5.26 Å². The minimum Gasteiger partial charge on any atom is -0.306 e. The summed E-state index contributed by atoms with van der Waals surface area (Å²) in [5, 5.41) is 23.9. The lowest BCUT2D eigenvalue weighted by Gasteiger charge is -2.25. The number of hydrogen-bond donors (Lipinski definition) is 0. The van der Waals surface area contributed by atoms with Gasteiger partial charge < -0.3 is 18.1 Å². The third-order valence-electron chi connectivity index (χ3n) is 16.7. The summed E-state index contributed by atoms with van der Waals surface area (Å²) >= 11 is 0. The van der Waals surface area contributed by atoms with Crippen LogP contribution in [0.3, 0.4) is 0 Å². The predicted molar refractivity (Wildman–Crippen MR) is 325 cm³/mol. The lowest BCUT2D eigenvalue weighted by Crippen LogP contribution is -2.12. The van der Waals surface area contributed by atoms with Crippen LogP contribution >= 0.6 is 0 Å². The van der Waals surface area contributed by atoms with Crippen LogP contribution in [-0.4, -0.2) is 18.1 Å². The smallest absolute Gasteiger partial charge is 0.104 e. The van der Waals surface area contributed by atoms with Gasteiger partial charge in [-0.25, -0.2) is 0 Å². The molecular weight excluding hydrogens is 947 g/mol. The van der Waals surface area contributed by atoms with Gasteiger partial charge in [0.15, 0.2) is 0 Å². The van der Waals surface area contributed by atoms with Crippen LogP contribution in [0, 0.1) is 11.3 Å². The summed E-state index contributed by atoms with van der Waals surface area (Å²) < 4.78 is 9.91. The molecule has 0 N–H and O–H groups in total. The highest BCUT2D eigenvalue weighted by Gasteiger charge is 2.34. The first-order chi connectivity index (χ1) is 38.8. The molecule has 5 heteroatoms. The van der Waals surface area contributed by atoms with Gasteiger partial charge in [0.25, 0.3) is 0 Å². The molecule has 0 atom stereocenters. The van der Waals surface area contributed by atoms with E-state index in [1.807, 2.05) is 0 Å². The molecule has 0 aliphatic carbocycles. The van der Waals surface area contributed by atoms with Crippen LogP contribution in [0.1, 0.15) is 5.56 Å². The van der Waals surface area contributed by atoms with Crippen molar-refractivity contribution < 1.29 is 0 Å². The zero-order valence-corrected chi connectivity index (χ0v) is 42.1. The molecule has 5 nitrogen and oxygen atoms in total. The normalized spacial score (nSPS) is 12.1. The maximum absolute atomic E-state index is 12.7. The maximum Gasteiger partial charge on any atom is 0.104 e. The average Bonchev–Trinajstić information content (AvgIpc) is 4.44. The van der Waals surface area contributed by atoms with Gasteiger partial charge in [0.2, 0.25) is 0 Å². The number of aromatic nitrogens is 4. The van der Waals surface area contributed by atoms with Gasteiger partial charge in [0.1, 0.15) is 11.6 Å². The number of nitrogens with zero attached hydrogens (tertiary/aromatic N) is 5. The minimum absolute atomic E-state index is 0.589. The van der Waals surface area contributed by atoms with Crippen LogP contribution in [0.4, 0.5) is 0 Å². The predicted octanol–water partition coefficient (Wildman–Crippen LogP) is 19.0. The molecular formula is C73H43N5. The molecule has 0 bridgehead atoms. The minimum atomic E-state index is 0.589. The fourth-order valence-corrected chi connectivity index (χ4v) is 13.7. The third kappa shape index (κ3) is 5.62. The number of rotatable bonds is 6. The zero-order chi connectivity index (χ0) is 51.2. The first-order valence-corrected chi connectivity index (χ1v) is 26.7. The lowest BCUT2D eigenvalue weighted by molar-refractivity contribution is 1.06. The van der Waals surface area contributed by atoms with Crippen molar-refractivity contribution in [3.8, 4) is 56.5 Å². The van der Waals surface area contributed by atoms with Crippen LogP contribution in [-0.2, 0) is 0 Å². The van der Waals surface area contributed by atoms with Crippen LogP contribution in [0.5, 0.6) is 0 Å². The molecule has 0 saturated carbocycles. The first kappa shape index (κ1) is 42.7. The summed E-state index contributed by atoms with van der Waals surface area (Å²) in [6, 6.07) is 97.5. The summed E-state index contributed by atoms with van der Waals surface area (Å²) in [5.74, 6) is 0. The van der Waals surface area contributed by atoms with Crippen molar-refractivity contribution in [1.82, 2.24) is 18.1 Å². The number of hydrogen-bond acceptors (Lipinski definition) is 1. The number of benzene rings is 12. The van der Waals surface area contributed by atoms with E-state index in [1.54, 1.807) is 0 Å². The van der Waals surface area contributed by atoms with E-state index in [2.05, 4.69) is 285 Å². The van der Waals surface area contributed by atoms with E-state index in [1.165, 1.54) is 5.39 Å². The van der Waals surface area contributed by atoms with Gasteiger partial charge >= 0.3 is 0 Å². The molecule has 0 radical (unpaired) electrons. The summed E-state index contributed by atoms with van der Waals surface area (Å²) in [7, 11) is 0. The molecule has 0 saturated heterocycles. The Bertz CT molecular complexity index is 5380. The molecule has 0 spiro atoms. The maximum atomic E-state index is 12.7. The molecule has 5 aromatic heterocycles. The van der Waals surface area contributed by atoms with E-state index in [4.69, 9.17) is 0 Å². The fourth-order valence-electron chi connectivity index (χ4n) is 13.7. The molecule has 0 aliphatic heterocycles. The fraction of sp³-hybridized carbons (Fsp3) is 0. The Balaban J connectivity index is 1.20. The van der Waals surface area contributed by atoms with Gasteiger partial charge in [-0.05, 0) is 75.8 Å². The molecule has 360 valence electrons.